The fraction of sp³-hybridized carbons (Fsp3) is 0.286. The highest BCUT2D eigenvalue weighted by molar-refractivity contribution is 5.91. The lowest BCUT2D eigenvalue weighted by atomic mass is 10.1. The van der Waals surface area contributed by atoms with Crippen LogP contribution in [0.15, 0.2) is 54.6 Å². The lowest BCUT2D eigenvalue weighted by Gasteiger charge is -2.23. The van der Waals surface area contributed by atoms with Gasteiger partial charge < -0.3 is 4.90 Å². The predicted octanol–water partition coefficient (Wildman–Crippen LogP) is 3.80. The van der Waals surface area contributed by atoms with E-state index in [0.717, 1.165) is 5.56 Å². The monoisotopic (exact) mass is 398 g/mol. The summed E-state index contributed by atoms with van der Waals surface area (Å²) in [5, 5.41) is 4.34. The Morgan fingerprint density at radius 2 is 1.76 bits per heavy atom. The molecule has 0 radical (unpaired) electrons. The fourth-order valence-corrected chi connectivity index (χ4v) is 3.99. The summed E-state index contributed by atoms with van der Waals surface area (Å²) in [4.78, 5) is 18.8. The van der Waals surface area contributed by atoms with Crippen LogP contribution in [0.3, 0.4) is 0 Å². The van der Waals surface area contributed by atoms with Crippen LogP contribution in [0, 0.1) is 17.7 Å². The molecule has 2 atom stereocenters. The third-order valence-electron chi connectivity index (χ3n) is 5.68. The van der Waals surface area contributed by atoms with Gasteiger partial charge >= 0.3 is 0 Å². The molecule has 2 aliphatic rings. The smallest absolute Gasteiger partial charge is 0.293 e. The minimum Gasteiger partial charge on any atom is -0.335 e. The van der Waals surface area contributed by atoms with Gasteiger partial charge in [-0.25, -0.2) is 22.8 Å². The Labute approximate surface area is 164 Å². The van der Waals surface area contributed by atoms with Crippen molar-refractivity contribution in [2.75, 3.05) is 13.1 Å². The zero-order valence-electron chi connectivity index (χ0n) is 15.3. The molecule has 8 heteroatoms. The van der Waals surface area contributed by atoms with Crippen molar-refractivity contribution in [3.8, 4) is 17.1 Å². The molecule has 1 saturated heterocycles. The molecule has 148 valence electrons. The summed E-state index contributed by atoms with van der Waals surface area (Å²) >= 11 is 0. The molecule has 0 N–H and O–H groups in total. The molecule has 1 aliphatic heterocycles. The molecule has 3 aromatic rings. The number of fused-ring (bicyclic) bond motifs is 1. The Hall–Kier alpha value is -3.16. The van der Waals surface area contributed by atoms with E-state index in [1.54, 1.807) is 12.1 Å². The number of amides is 1. The van der Waals surface area contributed by atoms with Gasteiger partial charge in [0.2, 0.25) is 5.82 Å². The van der Waals surface area contributed by atoms with Gasteiger partial charge in [0.1, 0.15) is 5.82 Å². The first-order chi connectivity index (χ1) is 13.9. The number of alkyl halides is 2. The Kier molecular flexibility index (Phi) is 3.97. The number of aromatic nitrogens is 3. The number of hydrogen-bond acceptors (Lipinski definition) is 3. The van der Waals surface area contributed by atoms with Crippen molar-refractivity contribution in [3.05, 3.63) is 66.2 Å². The van der Waals surface area contributed by atoms with Crippen LogP contribution in [0.2, 0.25) is 0 Å². The van der Waals surface area contributed by atoms with E-state index in [-0.39, 0.29) is 31.2 Å². The molecule has 1 aromatic heterocycles. The molecule has 0 spiro atoms. The summed E-state index contributed by atoms with van der Waals surface area (Å²) in [7, 11) is 0. The van der Waals surface area contributed by atoms with Crippen molar-refractivity contribution < 1.29 is 18.0 Å². The number of piperidine rings is 1. The van der Waals surface area contributed by atoms with Crippen LogP contribution >= 0.6 is 0 Å². The summed E-state index contributed by atoms with van der Waals surface area (Å²) in [6.45, 7) is 0.281. The van der Waals surface area contributed by atoms with E-state index < -0.39 is 23.7 Å². The molecule has 29 heavy (non-hydrogen) atoms. The third kappa shape index (κ3) is 2.99. The van der Waals surface area contributed by atoms with Crippen molar-refractivity contribution >= 4 is 5.91 Å². The number of likely N-dealkylation sites (tertiary alicyclic amines) is 1. The van der Waals surface area contributed by atoms with Crippen LogP contribution in [0.1, 0.15) is 17.0 Å². The number of benzene rings is 2. The molecule has 5 rings (SSSR count). The van der Waals surface area contributed by atoms with Gasteiger partial charge in [0, 0.05) is 30.5 Å². The highest BCUT2D eigenvalue weighted by Crippen LogP contribution is 2.59. The van der Waals surface area contributed by atoms with Gasteiger partial charge in [-0.05, 0) is 30.7 Å². The van der Waals surface area contributed by atoms with Gasteiger partial charge in [0.05, 0.1) is 5.69 Å². The number of carbonyl (C=O) groups excluding carboxylic acids is 1. The number of nitrogens with zero attached hydrogens (tertiary/aromatic N) is 4. The van der Waals surface area contributed by atoms with Gasteiger partial charge in [-0.3, -0.25) is 4.79 Å². The lowest BCUT2D eigenvalue weighted by Crippen LogP contribution is -2.37. The maximum atomic E-state index is 13.7. The SMILES string of the molecule is O=C(c1nc(-c2ccccc2)n(-c2ccc(F)cc2)n1)N1CCC2C(C1)C2(F)F. The van der Waals surface area contributed by atoms with E-state index in [2.05, 4.69) is 10.1 Å². The molecule has 1 saturated carbocycles. The molecule has 2 heterocycles. The zero-order chi connectivity index (χ0) is 20.2. The van der Waals surface area contributed by atoms with Crippen molar-refractivity contribution in [3.63, 3.8) is 0 Å². The summed E-state index contributed by atoms with van der Waals surface area (Å²) in [5.41, 5.74) is 1.28. The largest absolute Gasteiger partial charge is 0.335 e. The summed E-state index contributed by atoms with van der Waals surface area (Å²) < 4.78 is 42.2. The number of hydrogen-bond donors (Lipinski definition) is 0. The molecular formula is C21H17F3N4O. The Morgan fingerprint density at radius 3 is 2.45 bits per heavy atom. The standard InChI is InChI=1S/C21H17F3N4O/c22-14-6-8-15(9-7-14)28-19(13-4-2-1-3-5-13)25-18(26-28)20(29)27-11-10-16-17(12-27)21(16,23)24/h1-9,16-17H,10-12H2. The van der Waals surface area contributed by atoms with E-state index in [9.17, 15) is 18.0 Å². The van der Waals surface area contributed by atoms with Crippen molar-refractivity contribution in [2.24, 2.45) is 11.8 Å². The van der Waals surface area contributed by atoms with Crippen molar-refractivity contribution in [2.45, 2.75) is 12.3 Å². The van der Waals surface area contributed by atoms with Crippen molar-refractivity contribution in [1.29, 1.82) is 0 Å². The third-order valence-corrected chi connectivity index (χ3v) is 5.68. The van der Waals surface area contributed by atoms with Gasteiger partial charge in [-0.2, -0.15) is 0 Å². The minimum atomic E-state index is -2.68. The van der Waals surface area contributed by atoms with Crippen LogP contribution in [0.25, 0.3) is 17.1 Å². The number of halogens is 3. The van der Waals surface area contributed by atoms with Crippen LogP contribution in [0.4, 0.5) is 13.2 Å². The topological polar surface area (TPSA) is 51.0 Å². The molecule has 2 unspecified atom stereocenters. The molecule has 1 amide bonds. The predicted molar refractivity (Wildman–Crippen MR) is 99.2 cm³/mol. The van der Waals surface area contributed by atoms with Crippen LogP contribution < -0.4 is 0 Å². The minimum absolute atomic E-state index is 0.0161. The first-order valence-electron chi connectivity index (χ1n) is 9.40. The first kappa shape index (κ1) is 17.9. The van der Waals surface area contributed by atoms with Crippen LogP contribution in [-0.4, -0.2) is 44.6 Å². The van der Waals surface area contributed by atoms with Gasteiger partial charge in [0.15, 0.2) is 5.82 Å². The second-order valence-electron chi connectivity index (χ2n) is 7.44. The average Bonchev–Trinajstić information content (AvgIpc) is 3.08. The zero-order valence-corrected chi connectivity index (χ0v) is 15.3. The highest BCUT2D eigenvalue weighted by Gasteiger charge is 2.69. The molecule has 2 fully saturated rings. The van der Waals surface area contributed by atoms with Crippen molar-refractivity contribution in [1.82, 2.24) is 19.7 Å². The van der Waals surface area contributed by atoms with Gasteiger partial charge in [0.25, 0.3) is 11.8 Å². The summed E-state index contributed by atoms with van der Waals surface area (Å²) in [6.07, 6.45) is 0.285. The van der Waals surface area contributed by atoms with E-state index in [4.69, 9.17) is 0 Å². The van der Waals surface area contributed by atoms with Crippen LogP contribution in [0.5, 0.6) is 0 Å². The quantitative estimate of drug-likeness (QED) is 0.674. The van der Waals surface area contributed by atoms with Crippen LogP contribution in [-0.2, 0) is 0 Å². The van der Waals surface area contributed by atoms with E-state index in [1.807, 2.05) is 30.3 Å². The lowest BCUT2D eigenvalue weighted by molar-refractivity contribution is 0.0679. The molecule has 0 bridgehead atoms. The van der Waals surface area contributed by atoms with E-state index in [1.165, 1.54) is 21.7 Å². The Balaban J connectivity index is 1.51. The Bertz CT molecular complexity index is 1070. The number of carbonyl (C=O) groups is 1. The second kappa shape index (κ2) is 6.43. The van der Waals surface area contributed by atoms with Gasteiger partial charge in [-0.1, -0.05) is 30.3 Å². The second-order valence-corrected chi connectivity index (χ2v) is 7.44. The first-order valence-corrected chi connectivity index (χ1v) is 9.40. The van der Waals surface area contributed by atoms with E-state index in [0.29, 0.717) is 11.5 Å². The maximum absolute atomic E-state index is 13.7. The molecular weight excluding hydrogens is 381 g/mol. The molecule has 2 aromatic carbocycles. The normalized spacial score (nSPS) is 22.2. The Morgan fingerprint density at radius 1 is 1.03 bits per heavy atom. The molecule has 5 nitrogen and oxygen atoms in total. The summed E-state index contributed by atoms with van der Waals surface area (Å²) in [5.74, 6) is -4.55. The van der Waals surface area contributed by atoms with E-state index >= 15 is 0 Å². The average molecular weight is 398 g/mol. The maximum Gasteiger partial charge on any atom is 0.293 e. The fourth-order valence-electron chi connectivity index (χ4n) is 3.99. The molecule has 1 aliphatic carbocycles. The van der Waals surface area contributed by atoms with Gasteiger partial charge in [-0.15, -0.1) is 5.10 Å². The number of rotatable bonds is 3. The summed E-state index contributed by atoms with van der Waals surface area (Å²) in [6, 6.07) is 14.9. The highest BCUT2D eigenvalue weighted by atomic mass is 19.3.